The first kappa shape index (κ1) is 12.5. The van der Waals surface area contributed by atoms with Crippen LogP contribution in [0, 0.1) is 0 Å². The normalized spacial score (nSPS) is 10.1. The number of aryl methyl sites for hydroxylation is 1. The van der Waals surface area contributed by atoms with Crippen molar-refractivity contribution in [3.8, 4) is 5.75 Å². The van der Waals surface area contributed by atoms with Gasteiger partial charge in [0.25, 0.3) is 0 Å². The zero-order valence-corrected chi connectivity index (χ0v) is 9.53. The SMILES string of the molecule is CCc1cccc(OCCNCC(N)=O)c1. The van der Waals surface area contributed by atoms with E-state index in [4.69, 9.17) is 10.5 Å². The number of benzene rings is 1. The van der Waals surface area contributed by atoms with E-state index in [2.05, 4.69) is 18.3 Å². The van der Waals surface area contributed by atoms with Crippen molar-refractivity contribution < 1.29 is 9.53 Å². The third-order valence-electron chi connectivity index (χ3n) is 2.15. The second-order valence-electron chi connectivity index (χ2n) is 3.49. The summed E-state index contributed by atoms with van der Waals surface area (Å²) >= 11 is 0. The monoisotopic (exact) mass is 222 g/mol. The summed E-state index contributed by atoms with van der Waals surface area (Å²) in [4.78, 5) is 10.4. The smallest absolute Gasteiger partial charge is 0.231 e. The topological polar surface area (TPSA) is 64.3 Å². The van der Waals surface area contributed by atoms with Crippen LogP contribution < -0.4 is 15.8 Å². The quantitative estimate of drug-likeness (QED) is 0.668. The highest BCUT2D eigenvalue weighted by Crippen LogP contribution is 2.13. The van der Waals surface area contributed by atoms with E-state index in [0.29, 0.717) is 13.2 Å². The maximum atomic E-state index is 10.4. The second-order valence-corrected chi connectivity index (χ2v) is 3.49. The summed E-state index contributed by atoms with van der Waals surface area (Å²) in [5.74, 6) is 0.508. The first-order valence-corrected chi connectivity index (χ1v) is 5.43. The van der Waals surface area contributed by atoms with E-state index in [1.165, 1.54) is 5.56 Å². The van der Waals surface area contributed by atoms with E-state index in [0.717, 1.165) is 12.2 Å². The minimum absolute atomic E-state index is 0.193. The molecule has 0 aliphatic rings. The van der Waals surface area contributed by atoms with Gasteiger partial charge in [0.15, 0.2) is 0 Å². The Kier molecular flexibility index (Phi) is 5.36. The van der Waals surface area contributed by atoms with Gasteiger partial charge >= 0.3 is 0 Å². The number of hydrogen-bond acceptors (Lipinski definition) is 3. The molecule has 1 aromatic rings. The Bertz CT molecular complexity index is 340. The molecule has 1 aromatic carbocycles. The van der Waals surface area contributed by atoms with E-state index in [-0.39, 0.29) is 12.5 Å². The Labute approximate surface area is 95.8 Å². The number of rotatable bonds is 7. The molecule has 3 N–H and O–H groups in total. The average Bonchev–Trinajstić information content (AvgIpc) is 2.28. The molecule has 88 valence electrons. The molecule has 0 aliphatic carbocycles. The molecule has 0 bridgehead atoms. The maximum absolute atomic E-state index is 10.4. The van der Waals surface area contributed by atoms with Crippen molar-refractivity contribution in [2.45, 2.75) is 13.3 Å². The van der Waals surface area contributed by atoms with Crippen LogP contribution in [-0.4, -0.2) is 25.6 Å². The van der Waals surface area contributed by atoms with Gasteiger partial charge in [-0.05, 0) is 24.1 Å². The van der Waals surface area contributed by atoms with Gasteiger partial charge in [-0.2, -0.15) is 0 Å². The van der Waals surface area contributed by atoms with Crippen LogP contribution in [0.3, 0.4) is 0 Å². The lowest BCUT2D eigenvalue weighted by Gasteiger charge is -2.07. The fraction of sp³-hybridized carbons (Fsp3) is 0.417. The van der Waals surface area contributed by atoms with Gasteiger partial charge < -0.3 is 15.8 Å². The van der Waals surface area contributed by atoms with Crippen LogP contribution >= 0.6 is 0 Å². The van der Waals surface area contributed by atoms with Crippen molar-refractivity contribution in [1.29, 1.82) is 0 Å². The molecule has 0 spiro atoms. The van der Waals surface area contributed by atoms with Gasteiger partial charge in [-0.3, -0.25) is 4.79 Å². The van der Waals surface area contributed by atoms with Gasteiger partial charge in [-0.15, -0.1) is 0 Å². The van der Waals surface area contributed by atoms with Crippen LogP contribution in [0.5, 0.6) is 5.75 Å². The molecular weight excluding hydrogens is 204 g/mol. The molecule has 0 saturated heterocycles. The third-order valence-corrected chi connectivity index (χ3v) is 2.15. The summed E-state index contributed by atoms with van der Waals surface area (Å²) in [6.45, 7) is 3.44. The number of ether oxygens (including phenoxy) is 1. The Hall–Kier alpha value is -1.55. The number of primary amides is 1. The van der Waals surface area contributed by atoms with Crippen molar-refractivity contribution in [1.82, 2.24) is 5.32 Å². The largest absolute Gasteiger partial charge is 0.492 e. The van der Waals surface area contributed by atoms with Gasteiger partial charge in [0, 0.05) is 6.54 Å². The lowest BCUT2D eigenvalue weighted by molar-refractivity contribution is -0.117. The summed E-state index contributed by atoms with van der Waals surface area (Å²) in [5, 5.41) is 2.88. The lowest BCUT2D eigenvalue weighted by atomic mass is 10.2. The van der Waals surface area contributed by atoms with Crippen molar-refractivity contribution in [2.75, 3.05) is 19.7 Å². The minimum atomic E-state index is -0.354. The summed E-state index contributed by atoms with van der Waals surface area (Å²) in [6, 6.07) is 7.99. The Balaban J connectivity index is 2.23. The molecule has 0 aliphatic heterocycles. The van der Waals surface area contributed by atoms with Crippen LogP contribution in [-0.2, 0) is 11.2 Å². The van der Waals surface area contributed by atoms with E-state index < -0.39 is 0 Å². The first-order chi connectivity index (χ1) is 7.72. The van der Waals surface area contributed by atoms with Gasteiger partial charge in [-0.25, -0.2) is 0 Å². The Morgan fingerprint density at radius 2 is 2.31 bits per heavy atom. The highest BCUT2D eigenvalue weighted by atomic mass is 16.5. The number of nitrogens with two attached hydrogens (primary N) is 1. The molecule has 0 unspecified atom stereocenters. The zero-order valence-electron chi connectivity index (χ0n) is 9.53. The number of carbonyl (C=O) groups excluding carboxylic acids is 1. The predicted octanol–water partition coefficient (Wildman–Crippen LogP) is 0.703. The molecule has 4 heteroatoms. The van der Waals surface area contributed by atoms with Crippen molar-refractivity contribution in [3.63, 3.8) is 0 Å². The molecule has 16 heavy (non-hydrogen) atoms. The zero-order chi connectivity index (χ0) is 11.8. The van der Waals surface area contributed by atoms with Gasteiger partial charge in [0.1, 0.15) is 12.4 Å². The molecule has 0 saturated carbocycles. The number of amides is 1. The second kappa shape index (κ2) is 6.85. The molecule has 1 rings (SSSR count). The van der Waals surface area contributed by atoms with Crippen LogP contribution in [0.25, 0.3) is 0 Å². The number of carbonyl (C=O) groups is 1. The average molecular weight is 222 g/mol. The minimum Gasteiger partial charge on any atom is -0.492 e. The molecule has 0 fully saturated rings. The molecular formula is C12H18N2O2. The van der Waals surface area contributed by atoms with Gasteiger partial charge in [0.05, 0.1) is 6.54 Å². The van der Waals surface area contributed by atoms with E-state index >= 15 is 0 Å². The summed E-state index contributed by atoms with van der Waals surface area (Å²) in [5.41, 5.74) is 6.23. The van der Waals surface area contributed by atoms with Crippen molar-refractivity contribution >= 4 is 5.91 Å². The number of hydrogen-bond donors (Lipinski definition) is 2. The van der Waals surface area contributed by atoms with Gasteiger partial charge in [0.2, 0.25) is 5.91 Å². The molecule has 0 radical (unpaired) electrons. The first-order valence-electron chi connectivity index (χ1n) is 5.43. The lowest BCUT2D eigenvalue weighted by Crippen LogP contribution is -2.31. The van der Waals surface area contributed by atoms with Crippen LogP contribution in [0.2, 0.25) is 0 Å². The predicted molar refractivity (Wildman–Crippen MR) is 63.4 cm³/mol. The van der Waals surface area contributed by atoms with E-state index in [1.807, 2.05) is 18.2 Å². The van der Waals surface area contributed by atoms with Gasteiger partial charge in [-0.1, -0.05) is 19.1 Å². The fourth-order valence-electron chi connectivity index (χ4n) is 1.31. The van der Waals surface area contributed by atoms with Crippen LogP contribution in [0.15, 0.2) is 24.3 Å². The number of nitrogens with one attached hydrogen (secondary N) is 1. The maximum Gasteiger partial charge on any atom is 0.231 e. The molecule has 4 nitrogen and oxygen atoms in total. The molecule has 0 aromatic heterocycles. The van der Waals surface area contributed by atoms with Crippen molar-refractivity contribution in [2.24, 2.45) is 5.73 Å². The van der Waals surface area contributed by atoms with E-state index in [9.17, 15) is 4.79 Å². The van der Waals surface area contributed by atoms with Crippen LogP contribution in [0.1, 0.15) is 12.5 Å². The standard InChI is InChI=1S/C12H18N2O2/c1-2-10-4-3-5-11(8-10)16-7-6-14-9-12(13)15/h3-5,8,14H,2,6-7,9H2,1H3,(H2,13,15). The summed E-state index contributed by atoms with van der Waals surface area (Å²) in [7, 11) is 0. The molecule has 1 amide bonds. The third kappa shape index (κ3) is 4.79. The molecule has 0 atom stereocenters. The summed E-state index contributed by atoms with van der Waals surface area (Å²) < 4.78 is 5.52. The fourth-order valence-corrected chi connectivity index (χ4v) is 1.31. The van der Waals surface area contributed by atoms with Crippen LogP contribution in [0.4, 0.5) is 0 Å². The Morgan fingerprint density at radius 1 is 1.50 bits per heavy atom. The highest BCUT2D eigenvalue weighted by molar-refractivity contribution is 5.75. The van der Waals surface area contributed by atoms with E-state index in [1.54, 1.807) is 0 Å². The Morgan fingerprint density at radius 3 is 3.00 bits per heavy atom. The highest BCUT2D eigenvalue weighted by Gasteiger charge is 1.96. The molecule has 0 heterocycles. The van der Waals surface area contributed by atoms with Crippen molar-refractivity contribution in [3.05, 3.63) is 29.8 Å². The summed E-state index contributed by atoms with van der Waals surface area (Å²) in [6.07, 6.45) is 0.997.